The van der Waals surface area contributed by atoms with Crippen LogP contribution in [0.25, 0.3) is 0 Å². The maximum absolute atomic E-state index is 11.9. The second kappa shape index (κ2) is 8.84. The molecule has 2 aromatic carbocycles. The molecule has 24 heavy (non-hydrogen) atoms. The molecule has 0 aliphatic carbocycles. The van der Waals surface area contributed by atoms with Gasteiger partial charge in [-0.3, -0.25) is 9.59 Å². The summed E-state index contributed by atoms with van der Waals surface area (Å²) >= 11 is 0. The van der Waals surface area contributed by atoms with E-state index in [9.17, 15) is 19.8 Å². The van der Waals surface area contributed by atoms with Gasteiger partial charge >= 0.3 is 5.97 Å². The number of hydrogen-bond donors (Lipinski definition) is 3. The number of nitrogens with one attached hydrogen (secondary N) is 1. The summed E-state index contributed by atoms with van der Waals surface area (Å²) in [6.45, 7) is 0.360. The number of carboxylic acid groups (broad SMARTS) is 1. The Morgan fingerprint density at radius 3 is 2.12 bits per heavy atom. The van der Waals surface area contributed by atoms with Gasteiger partial charge in [0.25, 0.3) is 5.91 Å². The van der Waals surface area contributed by atoms with Crippen molar-refractivity contribution in [2.24, 2.45) is 5.92 Å². The van der Waals surface area contributed by atoms with Crippen LogP contribution in [-0.4, -0.2) is 28.6 Å². The quantitative estimate of drug-likeness (QED) is 0.651. The summed E-state index contributed by atoms with van der Waals surface area (Å²) < 4.78 is 0. The molecule has 0 bridgehead atoms. The van der Waals surface area contributed by atoms with E-state index in [4.69, 9.17) is 0 Å². The number of amides is 1. The predicted molar refractivity (Wildman–Crippen MR) is 90.5 cm³/mol. The molecule has 1 amide bonds. The monoisotopic (exact) mass is 327 g/mol. The van der Waals surface area contributed by atoms with Gasteiger partial charge in [-0.15, -0.1) is 0 Å². The van der Waals surface area contributed by atoms with Crippen LogP contribution in [-0.2, 0) is 4.79 Å². The third-order valence-corrected chi connectivity index (χ3v) is 3.85. The highest BCUT2D eigenvalue weighted by atomic mass is 16.4. The number of aliphatic hydroxyl groups is 1. The van der Waals surface area contributed by atoms with Crippen molar-refractivity contribution in [1.82, 2.24) is 5.32 Å². The van der Waals surface area contributed by atoms with Crippen LogP contribution < -0.4 is 5.32 Å². The second-order valence-corrected chi connectivity index (χ2v) is 5.56. The van der Waals surface area contributed by atoms with Gasteiger partial charge in [0, 0.05) is 12.1 Å². The molecule has 5 heteroatoms. The number of aliphatic hydroxyl groups excluding tert-OH is 1. The Hall–Kier alpha value is -2.66. The van der Waals surface area contributed by atoms with Crippen molar-refractivity contribution < 1.29 is 19.8 Å². The van der Waals surface area contributed by atoms with Crippen molar-refractivity contribution in [3.63, 3.8) is 0 Å². The molecule has 2 atom stereocenters. The Bertz CT molecular complexity index is 658. The van der Waals surface area contributed by atoms with Crippen molar-refractivity contribution in [3.8, 4) is 0 Å². The Labute approximate surface area is 141 Å². The van der Waals surface area contributed by atoms with Crippen molar-refractivity contribution in [2.75, 3.05) is 6.54 Å². The lowest BCUT2D eigenvalue weighted by Gasteiger charge is -2.19. The van der Waals surface area contributed by atoms with Crippen molar-refractivity contribution in [2.45, 2.75) is 18.9 Å². The number of hydrogen-bond acceptors (Lipinski definition) is 3. The van der Waals surface area contributed by atoms with Crippen molar-refractivity contribution in [3.05, 3.63) is 71.8 Å². The van der Waals surface area contributed by atoms with E-state index in [1.807, 2.05) is 12.1 Å². The molecule has 0 aliphatic heterocycles. The average Bonchev–Trinajstić information content (AvgIpc) is 2.62. The number of benzene rings is 2. The Morgan fingerprint density at radius 1 is 0.958 bits per heavy atom. The fourth-order valence-electron chi connectivity index (χ4n) is 2.51. The molecule has 0 unspecified atom stereocenters. The maximum atomic E-state index is 11.9. The largest absolute Gasteiger partial charge is 0.481 e. The van der Waals surface area contributed by atoms with E-state index in [0.717, 1.165) is 0 Å². The van der Waals surface area contributed by atoms with Crippen LogP contribution in [0.15, 0.2) is 60.7 Å². The van der Waals surface area contributed by atoms with E-state index in [1.54, 1.807) is 48.5 Å². The van der Waals surface area contributed by atoms with Crippen LogP contribution >= 0.6 is 0 Å². The summed E-state index contributed by atoms with van der Waals surface area (Å²) in [5, 5.41) is 22.4. The van der Waals surface area contributed by atoms with Crippen LogP contribution in [0.1, 0.15) is 34.9 Å². The Kier molecular flexibility index (Phi) is 6.51. The minimum atomic E-state index is -1.06. The standard InChI is InChI=1S/C19H21NO4/c21-17(14-8-3-1-4-9-14)16(19(23)24)12-7-13-20-18(22)15-10-5-2-6-11-15/h1-6,8-11,16-17,21H,7,12-13H2,(H,20,22)(H,23,24)/t16-,17-/m1/s1. The number of carbonyl (C=O) groups is 2. The van der Waals surface area contributed by atoms with Gasteiger partial charge in [0.1, 0.15) is 0 Å². The molecule has 126 valence electrons. The smallest absolute Gasteiger partial charge is 0.309 e. The molecule has 2 rings (SSSR count). The lowest BCUT2D eigenvalue weighted by Crippen LogP contribution is -2.27. The number of aliphatic carboxylic acids is 1. The lowest BCUT2D eigenvalue weighted by molar-refractivity contribution is -0.146. The van der Waals surface area contributed by atoms with Gasteiger partial charge in [0.15, 0.2) is 0 Å². The lowest BCUT2D eigenvalue weighted by atomic mass is 9.92. The van der Waals surface area contributed by atoms with Gasteiger partial charge in [-0.1, -0.05) is 48.5 Å². The molecule has 2 aromatic rings. The highest BCUT2D eigenvalue weighted by Crippen LogP contribution is 2.25. The zero-order chi connectivity index (χ0) is 17.4. The number of carbonyl (C=O) groups excluding carboxylic acids is 1. The van der Waals surface area contributed by atoms with Crippen LogP contribution in [0.5, 0.6) is 0 Å². The van der Waals surface area contributed by atoms with Crippen molar-refractivity contribution >= 4 is 11.9 Å². The first-order valence-corrected chi connectivity index (χ1v) is 7.88. The molecular weight excluding hydrogens is 306 g/mol. The first kappa shape index (κ1) is 17.7. The number of carboxylic acids is 1. The fourth-order valence-corrected chi connectivity index (χ4v) is 2.51. The first-order chi connectivity index (χ1) is 11.6. The summed E-state index contributed by atoms with van der Waals surface area (Å²) in [5.41, 5.74) is 1.15. The van der Waals surface area contributed by atoms with Gasteiger partial charge in [-0.2, -0.15) is 0 Å². The van der Waals surface area contributed by atoms with Gasteiger partial charge in [0.2, 0.25) is 0 Å². The summed E-state index contributed by atoms with van der Waals surface area (Å²) in [6, 6.07) is 17.6. The van der Waals surface area contributed by atoms with E-state index in [1.165, 1.54) is 0 Å². The third-order valence-electron chi connectivity index (χ3n) is 3.85. The molecule has 0 aromatic heterocycles. The highest BCUT2D eigenvalue weighted by Gasteiger charge is 2.27. The molecular formula is C19H21NO4. The molecule has 0 aliphatic rings. The SMILES string of the molecule is O=C(NCCC[C@@H](C(=O)O)[C@H](O)c1ccccc1)c1ccccc1. The van der Waals surface area contributed by atoms with Crippen LogP contribution in [0, 0.1) is 5.92 Å². The normalized spacial score (nSPS) is 13.0. The summed E-state index contributed by atoms with van der Waals surface area (Å²) in [7, 11) is 0. The fraction of sp³-hybridized carbons (Fsp3) is 0.263. The van der Waals surface area contributed by atoms with Crippen LogP contribution in [0.2, 0.25) is 0 Å². The zero-order valence-corrected chi connectivity index (χ0v) is 13.3. The summed E-state index contributed by atoms with van der Waals surface area (Å²) in [6.07, 6.45) is -0.312. The molecule has 0 saturated heterocycles. The predicted octanol–water partition coefficient (Wildman–Crippen LogP) is 2.63. The van der Waals surface area contributed by atoms with Gasteiger partial charge in [-0.25, -0.2) is 0 Å². The summed E-state index contributed by atoms with van der Waals surface area (Å²) in [4.78, 5) is 23.3. The van der Waals surface area contributed by atoms with Crippen LogP contribution in [0.4, 0.5) is 0 Å². The third kappa shape index (κ3) is 4.93. The minimum Gasteiger partial charge on any atom is -0.481 e. The minimum absolute atomic E-state index is 0.189. The maximum Gasteiger partial charge on any atom is 0.309 e. The van der Waals surface area contributed by atoms with Gasteiger partial charge in [-0.05, 0) is 30.5 Å². The van der Waals surface area contributed by atoms with Crippen molar-refractivity contribution in [1.29, 1.82) is 0 Å². The van der Waals surface area contributed by atoms with E-state index in [0.29, 0.717) is 24.1 Å². The molecule has 0 spiro atoms. The van der Waals surface area contributed by atoms with E-state index in [-0.39, 0.29) is 12.3 Å². The first-order valence-electron chi connectivity index (χ1n) is 7.88. The average molecular weight is 327 g/mol. The molecule has 0 radical (unpaired) electrons. The number of rotatable bonds is 8. The zero-order valence-electron chi connectivity index (χ0n) is 13.3. The molecule has 0 heterocycles. The molecule has 3 N–H and O–H groups in total. The Balaban J connectivity index is 1.84. The Morgan fingerprint density at radius 2 is 1.54 bits per heavy atom. The highest BCUT2D eigenvalue weighted by molar-refractivity contribution is 5.94. The summed E-state index contributed by atoms with van der Waals surface area (Å²) in [5.74, 6) is -2.13. The van der Waals surface area contributed by atoms with E-state index >= 15 is 0 Å². The van der Waals surface area contributed by atoms with Crippen LogP contribution in [0.3, 0.4) is 0 Å². The molecule has 5 nitrogen and oxygen atoms in total. The second-order valence-electron chi connectivity index (χ2n) is 5.56. The van der Waals surface area contributed by atoms with Gasteiger partial charge in [0.05, 0.1) is 12.0 Å². The van der Waals surface area contributed by atoms with E-state index < -0.39 is 18.0 Å². The van der Waals surface area contributed by atoms with E-state index in [2.05, 4.69) is 5.32 Å². The molecule has 0 fully saturated rings. The molecule has 0 saturated carbocycles. The van der Waals surface area contributed by atoms with Gasteiger partial charge < -0.3 is 15.5 Å². The topological polar surface area (TPSA) is 86.6 Å².